The van der Waals surface area contributed by atoms with E-state index in [-0.39, 0.29) is 0 Å². The smallest absolute Gasteiger partial charge is 0.329 e. The van der Waals surface area contributed by atoms with Crippen LogP contribution in [0.3, 0.4) is 0 Å². The summed E-state index contributed by atoms with van der Waals surface area (Å²) < 4.78 is 5.39. The fourth-order valence-corrected chi connectivity index (χ4v) is 1.93. The zero-order valence-corrected chi connectivity index (χ0v) is 12.4. The predicted molar refractivity (Wildman–Crippen MR) is 74.4 cm³/mol. The highest BCUT2D eigenvalue weighted by atomic mass is 16.4. The Morgan fingerprint density at radius 1 is 1.45 bits per heavy atom. The molecule has 6 heteroatoms. The summed E-state index contributed by atoms with van der Waals surface area (Å²) in [5.74, 6) is 0.401. The largest absolute Gasteiger partial charge is 0.480 e. The van der Waals surface area contributed by atoms with E-state index in [0.29, 0.717) is 25.1 Å². The first kappa shape index (κ1) is 16.1. The maximum atomic E-state index is 12.1. The number of amides is 2. The fraction of sp³-hybridized carbons (Fsp3) is 0.571. The molecule has 2 N–H and O–H groups in total. The van der Waals surface area contributed by atoms with Gasteiger partial charge in [0.15, 0.2) is 0 Å². The van der Waals surface area contributed by atoms with Gasteiger partial charge in [-0.25, -0.2) is 9.59 Å². The Morgan fingerprint density at radius 3 is 2.55 bits per heavy atom. The van der Waals surface area contributed by atoms with Gasteiger partial charge in [-0.2, -0.15) is 0 Å². The lowest BCUT2D eigenvalue weighted by molar-refractivity contribution is -0.144. The molecule has 2 amide bonds. The molecule has 1 rings (SSSR count). The molecule has 1 aromatic rings. The Labute approximate surface area is 118 Å². The van der Waals surface area contributed by atoms with E-state index in [1.54, 1.807) is 13.1 Å². The Morgan fingerprint density at radius 2 is 2.10 bits per heavy atom. The summed E-state index contributed by atoms with van der Waals surface area (Å²) >= 11 is 0. The highest BCUT2D eigenvalue weighted by molar-refractivity contribution is 5.85. The second-order valence-corrected chi connectivity index (χ2v) is 5.19. The molecule has 0 aliphatic heterocycles. The summed E-state index contributed by atoms with van der Waals surface area (Å²) in [5.41, 5.74) is -1.25. The third-order valence-corrected chi connectivity index (χ3v) is 3.14. The van der Waals surface area contributed by atoms with Crippen LogP contribution in [0.15, 0.2) is 16.5 Å². The van der Waals surface area contributed by atoms with Crippen molar-refractivity contribution < 1.29 is 19.1 Å². The first-order valence-corrected chi connectivity index (χ1v) is 6.60. The number of hydrogen-bond acceptors (Lipinski definition) is 3. The van der Waals surface area contributed by atoms with Crippen molar-refractivity contribution >= 4 is 12.0 Å². The van der Waals surface area contributed by atoms with Gasteiger partial charge in [0, 0.05) is 7.05 Å². The molecule has 6 nitrogen and oxygen atoms in total. The van der Waals surface area contributed by atoms with E-state index in [2.05, 4.69) is 5.32 Å². The molecule has 0 spiro atoms. The minimum atomic E-state index is -1.25. The Balaban J connectivity index is 2.66. The number of rotatable bonds is 6. The molecule has 0 aliphatic carbocycles. The summed E-state index contributed by atoms with van der Waals surface area (Å²) in [5, 5.41) is 11.8. The van der Waals surface area contributed by atoms with Crippen LogP contribution in [-0.2, 0) is 11.3 Å². The molecule has 0 fully saturated rings. The highest BCUT2D eigenvalue weighted by Gasteiger charge is 2.34. The van der Waals surface area contributed by atoms with E-state index < -0.39 is 17.5 Å². The number of carboxylic acids is 1. The molecule has 0 saturated heterocycles. The summed E-state index contributed by atoms with van der Waals surface area (Å²) in [6.45, 7) is 5.51. The van der Waals surface area contributed by atoms with Crippen LogP contribution in [0.2, 0.25) is 0 Å². The Hall–Kier alpha value is -1.98. The number of carbonyl (C=O) groups is 2. The number of carboxylic acid groups (broad SMARTS) is 1. The summed E-state index contributed by atoms with van der Waals surface area (Å²) in [6.07, 6.45) is 1.05. The van der Waals surface area contributed by atoms with Crippen molar-refractivity contribution in [2.45, 2.75) is 45.7 Å². The van der Waals surface area contributed by atoms with Crippen molar-refractivity contribution in [2.75, 3.05) is 7.05 Å². The zero-order valence-electron chi connectivity index (χ0n) is 12.4. The molecule has 0 radical (unpaired) electrons. The van der Waals surface area contributed by atoms with Crippen molar-refractivity contribution in [3.8, 4) is 0 Å². The van der Waals surface area contributed by atoms with Crippen LogP contribution in [0.25, 0.3) is 0 Å². The molecule has 1 atom stereocenters. The van der Waals surface area contributed by atoms with Crippen LogP contribution in [0.5, 0.6) is 0 Å². The topological polar surface area (TPSA) is 82.8 Å². The standard InChI is InChI=1S/C14H22N2O4/c1-5-8-14(3,12(17)18)15-13(19)16(4)9-11-7-6-10(2)20-11/h6-7H,5,8-9H2,1-4H3,(H,15,19)(H,17,18). The van der Waals surface area contributed by atoms with Gasteiger partial charge in [0.1, 0.15) is 17.1 Å². The first-order chi connectivity index (χ1) is 9.28. The SMILES string of the molecule is CCCC(C)(NC(=O)N(C)Cc1ccc(C)o1)C(=O)O. The van der Waals surface area contributed by atoms with Gasteiger partial charge < -0.3 is 19.7 Å². The quantitative estimate of drug-likeness (QED) is 0.839. The molecule has 1 aromatic heterocycles. The lowest BCUT2D eigenvalue weighted by atomic mass is 9.96. The number of hydrogen-bond donors (Lipinski definition) is 2. The van der Waals surface area contributed by atoms with Gasteiger partial charge in [0.05, 0.1) is 6.54 Å². The van der Waals surface area contributed by atoms with E-state index >= 15 is 0 Å². The Bertz CT molecular complexity index is 483. The maximum absolute atomic E-state index is 12.1. The average Bonchev–Trinajstić information content (AvgIpc) is 2.74. The molecule has 112 valence electrons. The molecule has 1 unspecified atom stereocenters. The monoisotopic (exact) mass is 282 g/mol. The van der Waals surface area contributed by atoms with E-state index in [1.807, 2.05) is 19.9 Å². The van der Waals surface area contributed by atoms with Crippen LogP contribution in [0, 0.1) is 6.92 Å². The van der Waals surface area contributed by atoms with Gasteiger partial charge in [-0.1, -0.05) is 13.3 Å². The molecule has 0 bridgehead atoms. The second kappa shape index (κ2) is 6.45. The van der Waals surface area contributed by atoms with Crippen LogP contribution >= 0.6 is 0 Å². The third kappa shape index (κ3) is 4.01. The van der Waals surface area contributed by atoms with Crippen molar-refractivity contribution in [3.63, 3.8) is 0 Å². The van der Waals surface area contributed by atoms with Gasteiger partial charge in [0.25, 0.3) is 0 Å². The normalized spacial score (nSPS) is 13.6. The number of aliphatic carboxylic acids is 1. The van der Waals surface area contributed by atoms with E-state index in [9.17, 15) is 14.7 Å². The van der Waals surface area contributed by atoms with Gasteiger partial charge in [0.2, 0.25) is 0 Å². The van der Waals surface area contributed by atoms with Gasteiger partial charge in [-0.05, 0) is 32.4 Å². The van der Waals surface area contributed by atoms with Crippen molar-refractivity contribution in [2.24, 2.45) is 0 Å². The molecule has 1 heterocycles. The van der Waals surface area contributed by atoms with E-state index in [1.165, 1.54) is 11.8 Å². The summed E-state index contributed by atoms with van der Waals surface area (Å²) in [7, 11) is 1.60. The molecular weight excluding hydrogens is 260 g/mol. The van der Waals surface area contributed by atoms with Gasteiger partial charge in [-0.15, -0.1) is 0 Å². The molecule has 0 aliphatic rings. The number of nitrogens with one attached hydrogen (secondary N) is 1. The first-order valence-electron chi connectivity index (χ1n) is 6.60. The van der Waals surface area contributed by atoms with Crippen molar-refractivity contribution in [3.05, 3.63) is 23.7 Å². The van der Waals surface area contributed by atoms with Crippen LogP contribution in [0.4, 0.5) is 4.79 Å². The second-order valence-electron chi connectivity index (χ2n) is 5.19. The molecule has 0 saturated carbocycles. The predicted octanol–water partition coefficient (Wildman–Crippen LogP) is 2.37. The number of carbonyl (C=O) groups excluding carboxylic acids is 1. The van der Waals surface area contributed by atoms with Crippen LogP contribution in [-0.4, -0.2) is 34.6 Å². The minimum Gasteiger partial charge on any atom is -0.480 e. The van der Waals surface area contributed by atoms with Crippen molar-refractivity contribution in [1.82, 2.24) is 10.2 Å². The average molecular weight is 282 g/mol. The lowest BCUT2D eigenvalue weighted by Gasteiger charge is -2.28. The van der Waals surface area contributed by atoms with E-state index in [4.69, 9.17) is 4.42 Å². The summed E-state index contributed by atoms with van der Waals surface area (Å²) in [6, 6.07) is 3.18. The number of urea groups is 1. The highest BCUT2D eigenvalue weighted by Crippen LogP contribution is 2.14. The zero-order chi connectivity index (χ0) is 15.3. The van der Waals surface area contributed by atoms with Crippen LogP contribution < -0.4 is 5.32 Å². The molecule has 20 heavy (non-hydrogen) atoms. The number of nitrogens with zero attached hydrogens (tertiary/aromatic N) is 1. The maximum Gasteiger partial charge on any atom is 0.329 e. The van der Waals surface area contributed by atoms with Gasteiger partial charge >= 0.3 is 12.0 Å². The van der Waals surface area contributed by atoms with Crippen LogP contribution in [0.1, 0.15) is 38.2 Å². The fourth-order valence-electron chi connectivity index (χ4n) is 1.93. The Kier molecular flexibility index (Phi) is 5.19. The summed E-state index contributed by atoms with van der Waals surface area (Å²) in [4.78, 5) is 24.7. The number of aryl methyl sites for hydroxylation is 1. The molecule has 0 aromatic carbocycles. The molecular formula is C14H22N2O4. The lowest BCUT2D eigenvalue weighted by Crippen LogP contribution is -2.55. The minimum absolute atomic E-state index is 0.293. The van der Waals surface area contributed by atoms with Crippen molar-refractivity contribution in [1.29, 1.82) is 0 Å². The number of furan rings is 1. The van der Waals surface area contributed by atoms with Gasteiger partial charge in [-0.3, -0.25) is 0 Å². The third-order valence-electron chi connectivity index (χ3n) is 3.14. The van der Waals surface area contributed by atoms with E-state index in [0.717, 1.165) is 5.76 Å².